The number of aldehydes is 1. The van der Waals surface area contributed by atoms with Gasteiger partial charge >= 0.3 is 5.97 Å². The Morgan fingerprint density at radius 1 is 1.36 bits per heavy atom. The van der Waals surface area contributed by atoms with Crippen molar-refractivity contribution in [2.45, 2.75) is 33.1 Å². The second-order valence-electron chi connectivity index (χ2n) is 4.84. The van der Waals surface area contributed by atoms with Crippen molar-refractivity contribution in [2.24, 2.45) is 0 Å². The van der Waals surface area contributed by atoms with E-state index in [1.165, 1.54) is 0 Å². The van der Waals surface area contributed by atoms with Gasteiger partial charge < -0.3 is 4.74 Å². The molecule has 116 valence electrons. The smallest absolute Gasteiger partial charge is 0.338 e. The van der Waals surface area contributed by atoms with Crippen molar-refractivity contribution in [3.63, 3.8) is 0 Å². The average Bonchev–Trinajstić information content (AvgIpc) is 2.98. The molecule has 0 fully saturated rings. The molecule has 1 aromatic heterocycles. The molecule has 0 unspecified atom stereocenters. The summed E-state index contributed by atoms with van der Waals surface area (Å²) in [6, 6.07) is 6.95. The fourth-order valence-electron chi connectivity index (χ4n) is 2.10. The first-order chi connectivity index (χ1) is 10.7. The lowest BCUT2D eigenvalue weighted by Crippen LogP contribution is -2.08. The van der Waals surface area contributed by atoms with Crippen molar-refractivity contribution in [2.75, 3.05) is 6.61 Å². The first kappa shape index (κ1) is 15.9. The van der Waals surface area contributed by atoms with E-state index in [1.807, 2.05) is 19.9 Å². The van der Waals surface area contributed by atoms with E-state index in [0.717, 1.165) is 12.8 Å². The van der Waals surface area contributed by atoms with E-state index in [1.54, 1.807) is 22.9 Å². The second-order valence-corrected chi connectivity index (χ2v) is 4.84. The monoisotopic (exact) mass is 301 g/mol. The Labute approximate surface area is 129 Å². The van der Waals surface area contributed by atoms with E-state index in [4.69, 9.17) is 4.74 Å². The molecule has 0 N–H and O–H groups in total. The number of nitrogens with zero attached hydrogens (tertiary/aromatic N) is 3. The Morgan fingerprint density at radius 2 is 2.18 bits per heavy atom. The lowest BCUT2D eigenvalue weighted by molar-refractivity contribution is 0.0499. The zero-order valence-electron chi connectivity index (χ0n) is 12.8. The molecule has 0 aliphatic carbocycles. The van der Waals surface area contributed by atoms with Crippen LogP contribution < -0.4 is 0 Å². The molecule has 0 saturated carbocycles. The zero-order valence-corrected chi connectivity index (χ0v) is 12.8. The van der Waals surface area contributed by atoms with Crippen molar-refractivity contribution in [3.8, 4) is 5.69 Å². The third-order valence-corrected chi connectivity index (χ3v) is 3.30. The number of unbranched alkanes of at least 4 members (excludes halogenated alkanes) is 1. The minimum Gasteiger partial charge on any atom is -0.462 e. The van der Waals surface area contributed by atoms with E-state index in [0.29, 0.717) is 42.0 Å². The molecule has 0 saturated heterocycles. The molecule has 0 aliphatic heterocycles. The molecule has 6 nitrogen and oxygen atoms in total. The van der Waals surface area contributed by atoms with Crippen LogP contribution in [0.2, 0.25) is 0 Å². The number of aromatic nitrogens is 3. The minimum absolute atomic E-state index is 0.318. The van der Waals surface area contributed by atoms with Gasteiger partial charge in [-0.25, -0.2) is 9.48 Å². The highest BCUT2D eigenvalue weighted by molar-refractivity contribution is 5.90. The predicted octanol–water partition coefficient (Wildman–Crippen LogP) is 2.60. The number of esters is 1. The summed E-state index contributed by atoms with van der Waals surface area (Å²) in [5.41, 5.74) is 2.17. The maximum atomic E-state index is 12.0. The predicted molar refractivity (Wildman–Crippen MR) is 81.3 cm³/mol. The Morgan fingerprint density at radius 3 is 2.86 bits per heavy atom. The molecule has 0 amide bonds. The number of ether oxygens (including phenoxy) is 1. The molecule has 1 aromatic carbocycles. The number of carbonyl (C=O) groups is 2. The van der Waals surface area contributed by atoms with Crippen LogP contribution in [0.3, 0.4) is 0 Å². The van der Waals surface area contributed by atoms with E-state index in [2.05, 4.69) is 10.3 Å². The van der Waals surface area contributed by atoms with Crippen LogP contribution in [0.1, 0.15) is 53.2 Å². The fraction of sp³-hybridized carbons (Fsp3) is 0.375. The molecule has 0 radical (unpaired) electrons. The number of rotatable bonds is 7. The van der Waals surface area contributed by atoms with Gasteiger partial charge in [-0.3, -0.25) is 4.79 Å². The molecule has 0 aliphatic rings. The molecular weight excluding hydrogens is 282 g/mol. The van der Waals surface area contributed by atoms with Gasteiger partial charge in [0, 0.05) is 0 Å². The highest BCUT2D eigenvalue weighted by Gasteiger charge is 2.14. The van der Waals surface area contributed by atoms with Crippen LogP contribution in [0.4, 0.5) is 0 Å². The molecule has 0 spiro atoms. The summed E-state index contributed by atoms with van der Waals surface area (Å²) in [6.45, 7) is 4.37. The molecule has 2 aromatic rings. The van der Waals surface area contributed by atoms with Crippen molar-refractivity contribution in [1.29, 1.82) is 0 Å². The standard InChI is InChI=1S/C16H19N3O3/c1-3-5-9-22-16(21)12-7-6-8-13(10-12)19-15(4-2)14(11-20)17-18-19/h6-8,10-11H,3-5,9H2,1-2H3. The van der Waals surface area contributed by atoms with Crippen LogP contribution in [-0.4, -0.2) is 33.9 Å². The van der Waals surface area contributed by atoms with E-state index >= 15 is 0 Å². The Hall–Kier alpha value is -2.50. The highest BCUT2D eigenvalue weighted by Crippen LogP contribution is 2.15. The van der Waals surface area contributed by atoms with Gasteiger partial charge in [0.25, 0.3) is 0 Å². The third-order valence-electron chi connectivity index (χ3n) is 3.30. The van der Waals surface area contributed by atoms with Gasteiger partial charge in [0.15, 0.2) is 6.29 Å². The van der Waals surface area contributed by atoms with E-state index < -0.39 is 0 Å². The lowest BCUT2D eigenvalue weighted by Gasteiger charge is -2.08. The third kappa shape index (κ3) is 3.39. The quantitative estimate of drug-likeness (QED) is 0.446. The van der Waals surface area contributed by atoms with Crippen molar-refractivity contribution >= 4 is 12.3 Å². The van der Waals surface area contributed by atoms with Crippen LogP contribution in [0.15, 0.2) is 24.3 Å². The van der Waals surface area contributed by atoms with Crippen LogP contribution in [0.5, 0.6) is 0 Å². The minimum atomic E-state index is -0.357. The van der Waals surface area contributed by atoms with Crippen molar-refractivity contribution in [1.82, 2.24) is 15.0 Å². The van der Waals surface area contributed by atoms with Crippen LogP contribution in [0, 0.1) is 0 Å². The van der Waals surface area contributed by atoms with E-state index in [-0.39, 0.29) is 5.97 Å². The number of hydrogen-bond donors (Lipinski definition) is 0. The molecular formula is C16H19N3O3. The summed E-state index contributed by atoms with van der Waals surface area (Å²) in [5, 5.41) is 7.83. The summed E-state index contributed by atoms with van der Waals surface area (Å²) in [4.78, 5) is 23.0. The van der Waals surface area contributed by atoms with Crippen molar-refractivity contribution in [3.05, 3.63) is 41.2 Å². The van der Waals surface area contributed by atoms with Gasteiger partial charge in [-0.2, -0.15) is 0 Å². The largest absolute Gasteiger partial charge is 0.462 e. The maximum Gasteiger partial charge on any atom is 0.338 e. The SMILES string of the molecule is CCCCOC(=O)c1cccc(-n2nnc(C=O)c2CC)c1. The second kappa shape index (κ2) is 7.49. The molecule has 1 heterocycles. The number of carbonyl (C=O) groups excluding carboxylic acids is 2. The fourth-order valence-corrected chi connectivity index (χ4v) is 2.10. The highest BCUT2D eigenvalue weighted by atomic mass is 16.5. The molecule has 0 atom stereocenters. The summed E-state index contributed by atoms with van der Waals surface area (Å²) in [5.74, 6) is -0.357. The van der Waals surface area contributed by atoms with Gasteiger partial charge in [-0.1, -0.05) is 31.5 Å². The Kier molecular flexibility index (Phi) is 5.41. The zero-order chi connectivity index (χ0) is 15.9. The number of hydrogen-bond acceptors (Lipinski definition) is 5. The summed E-state index contributed by atoms with van der Waals surface area (Å²) < 4.78 is 6.78. The molecule has 6 heteroatoms. The van der Waals surface area contributed by atoms with Gasteiger partial charge in [0.1, 0.15) is 5.69 Å². The average molecular weight is 301 g/mol. The first-order valence-corrected chi connectivity index (χ1v) is 7.38. The molecule has 2 rings (SSSR count). The first-order valence-electron chi connectivity index (χ1n) is 7.38. The summed E-state index contributed by atoms with van der Waals surface area (Å²) in [7, 11) is 0. The van der Waals surface area contributed by atoms with Gasteiger partial charge in [0.2, 0.25) is 0 Å². The van der Waals surface area contributed by atoms with E-state index in [9.17, 15) is 9.59 Å². The normalized spacial score (nSPS) is 10.5. The molecule has 0 bridgehead atoms. The Bertz CT molecular complexity index is 664. The van der Waals surface area contributed by atoms with Gasteiger partial charge in [-0.15, -0.1) is 5.10 Å². The van der Waals surface area contributed by atoms with Crippen LogP contribution >= 0.6 is 0 Å². The lowest BCUT2D eigenvalue weighted by atomic mass is 10.2. The van der Waals surface area contributed by atoms with Crippen LogP contribution in [-0.2, 0) is 11.2 Å². The Balaban J connectivity index is 2.27. The van der Waals surface area contributed by atoms with Gasteiger partial charge in [0.05, 0.1) is 23.6 Å². The van der Waals surface area contributed by atoms with Crippen LogP contribution in [0.25, 0.3) is 5.69 Å². The summed E-state index contributed by atoms with van der Waals surface area (Å²) in [6.07, 6.45) is 3.12. The van der Waals surface area contributed by atoms with Crippen molar-refractivity contribution < 1.29 is 14.3 Å². The van der Waals surface area contributed by atoms with Gasteiger partial charge in [-0.05, 0) is 31.0 Å². The number of benzene rings is 1. The summed E-state index contributed by atoms with van der Waals surface area (Å²) >= 11 is 0. The topological polar surface area (TPSA) is 74.1 Å². The molecule has 22 heavy (non-hydrogen) atoms. The maximum absolute atomic E-state index is 12.0.